The van der Waals surface area contributed by atoms with E-state index >= 15 is 0 Å². The van der Waals surface area contributed by atoms with E-state index in [2.05, 4.69) is 5.43 Å². The highest BCUT2D eigenvalue weighted by Gasteiger charge is 2.20. The van der Waals surface area contributed by atoms with Crippen LogP contribution in [0.3, 0.4) is 0 Å². The van der Waals surface area contributed by atoms with Crippen LogP contribution in [-0.2, 0) is 9.53 Å². The van der Waals surface area contributed by atoms with Gasteiger partial charge in [0.2, 0.25) is 5.91 Å². The van der Waals surface area contributed by atoms with Crippen LogP contribution in [0.1, 0.15) is 38.5 Å². The Labute approximate surface area is 85.2 Å². The fraction of sp³-hybridized carbons (Fsp3) is 0.900. The molecule has 0 aromatic rings. The molecular weight excluding hydrogens is 180 g/mol. The minimum Gasteiger partial charge on any atom is -0.381 e. The van der Waals surface area contributed by atoms with Gasteiger partial charge in [-0.15, -0.1) is 0 Å². The van der Waals surface area contributed by atoms with Gasteiger partial charge in [0, 0.05) is 19.6 Å². The van der Waals surface area contributed by atoms with Gasteiger partial charge in [-0.1, -0.05) is 12.8 Å². The first-order chi connectivity index (χ1) is 6.83. The summed E-state index contributed by atoms with van der Waals surface area (Å²) in [5.74, 6) is 5.79. The summed E-state index contributed by atoms with van der Waals surface area (Å²) in [6, 6.07) is 0. The number of hydrazine groups is 1. The molecule has 4 heteroatoms. The van der Waals surface area contributed by atoms with E-state index in [-0.39, 0.29) is 5.91 Å². The van der Waals surface area contributed by atoms with Crippen molar-refractivity contribution in [1.29, 1.82) is 0 Å². The van der Waals surface area contributed by atoms with Gasteiger partial charge in [-0.3, -0.25) is 10.2 Å². The molecule has 0 aliphatic heterocycles. The van der Waals surface area contributed by atoms with Gasteiger partial charge >= 0.3 is 0 Å². The number of nitrogens with one attached hydrogen (secondary N) is 1. The molecule has 0 heterocycles. The molecule has 3 N–H and O–H groups in total. The molecule has 1 amide bonds. The molecule has 4 nitrogen and oxygen atoms in total. The summed E-state index contributed by atoms with van der Waals surface area (Å²) < 4.78 is 5.44. The van der Waals surface area contributed by atoms with Crippen LogP contribution in [0, 0.1) is 5.92 Å². The van der Waals surface area contributed by atoms with E-state index in [1.54, 1.807) is 0 Å². The van der Waals surface area contributed by atoms with Gasteiger partial charge in [-0.25, -0.2) is 5.84 Å². The lowest BCUT2D eigenvalue weighted by Gasteiger charge is -2.03. The first-order valence-electron chi connectivity index (χ1n) is 5.40. The Morgan fingerprint density at radius 1 is 1.36 bits per heavy atom. The number of hydrogen-bond donors (Lipinski definition) is 2. The molecule has 1 saturated carbocycles. The maximum absolute atomic E-state index is 10.7. The summed E-state index contributed by atoms with van der Waals surface area (Å²) in [4.78, 5) is 10.7. The Morgan fingerprint density at radius 3 is 2.79 bits per heavy atom. The zero-order valence-corrected chi connectivity index (χ0v) is 8.63. The van der Waals surface area contributed by atoms with Crippen LogP contribution < -0.4 is 11.3 Å². The molecule has 0 atom stereocenters. The van der Waals surface area contributed by atoms with Gasteiger partial charge in [0.05, 0.1) is 0 Å². The lowest BCUT2D eigenvalue weighted by atomic mass is 10.2. The van der Waals surface area contributed by atoms with Crippen LogP contribution in [0.25, 0.3) is 0 Å². The molecule has 0 spiro atoms. The predicted octanol–water partition coefficient (Wildman–Crippen LogP) is 0.963. The van der Waals surface area contributed by atoms with Gasteiger partial charge < -0.3 is 4.74 Å². The fourth-order valence-electron chi connectivity index (χ4n) is 1.32. The lowest BCUT2D eigenvalue weighted by molar-refractivity contribution is -0.121. The highest BCUT2D eigenvalue weighted by Crippen LogP contribution is 2.32. The van der Waals surface area contributed by atoms with Crippen molar-refractivity contribution in [3.63, 3.8) is 0 Å². The second kappa shape index (κ2) is 6.79. The summed E-state index contributed by atoms with van der Waals surface area (Å²) >= 11 is 0. The Bertz CT molecular complexity index is 170. The van der Waals surface area contributed by atoms with Crippen LogP contribution in [0.4, 0.5) is 0 Å². The van der Waals surface area contributed by atoms with Crippen LogP contribution in [-0.4, -0.2) is 19.1 Å². The second-order valence-electron chi connectivity index (χ2n) is 3.87. The van der Waals surface area contributed by atoms with Crippen molar-refractivity contribution in [2.45, 2.75) is 38.5 Å². The standard InChI is InChI=1S/C10H20N2O2/c11-12-10(13)3-1-2-7-14-8-6-9-4-5-9/h9H,1-8,11H2,(H,12,13). The molecule has 1 aliphatic rings. The van der Waals surface area contributed by atoms with Crippen molar-refractivity contribution in [3.8, 4) is 0 Å². The SMILES string of the molecule is NNC(=O)CCCCOCCC1CC1. The largest absolute Gasteiger partial charge is 0.381 e. The van der Waals surface area contributed by atoms with Crippen LogP contribution >= 0.6 is 0 Å². The van der Waals surface area contributed by atoms with Crippen molar-refractivity contribution in [2.24, 2.45) is 11.8 Å². The van der Waals surface area contributed by atoms with Gasteiger partial charge in [-0.05, 0) is 25.2 Å². The summed E-state index contributed by atoms with van der Waals surface area (Å²) in [7, 11) is 0. The minimum absolute atomic E-state index is 0.0945. The van der Waals surface area contributed by atoms with Crippen LogP contribution in [0.5, 0.6) is 0 Å². The monoisotopic (exact) mass is 200 g/mol. The molecule has 1 fully saturated rings. The van der Waals surface area contributed by atoms with Gasteiger partial charge in [0.1, 0.15) is 0 Å². The number of hydrogen-bond acceptors (Lipinski definition) is 3. The van der Waals surface area contributed by atoms with E-state index in [1.165, 1.54) is 19.3 Å². The molecule has 0 bridgehead atoms. The predicted molar refractivity (Wildman–Crippen MR) is 54.3 cm³/mol. The number of ether oxygens (including phenoxy) is 1. The molecule has 82 valence electrons. The fourth-order valence-corrected chi connectivity index (χ4v) is 1.32. The van der Waals surface area contributed by atoms with Crippen LogP contribution in [0.2, 0.25) is 0 Å². The molecular formula is C10H20N2O2. The zero-order valence-electron chi connectivity index (χ0n) is 8.63. The van der Waals surface area contributed by atoms with Gasteiger partial charge in [0.25, 0.3) is 0 Å². The quantitative estimate of drug-likeness (QED) is 0.265. The molecule has 14 heavy (non-hydrogen) atoms. The Hall–Kier alpha value is -0.610. The van der Waals surface area contributed by atoms with Crippen molar-refractivity contribution in [2.75, 3.05) is 13.2 Å². The van der Waals surface area contributed by atoms with E-state index < -0.39 is 0 Å². The highest BCUT2D eigenvalue weighted by molar-refractivity contribution is 5.74. The molecule has 0 aromatic carbocycles. The molecule has 1 rings (SSSR count). The normalized spacial score (nSPS) is 15.5. The van der Waals surface area contributed by atoms with Crippen molar-refractivity contribution >= 4 is 5.91 Å². The number of carbonyl (C=O) groups is 1. The Morgan fingerprint density at radius 2 is 2.14 bits per heavy atom. The minimum atomic E-state index is -0.0945. The lowest BCUT2D eigenvalue weighted by Crippen LogP contribution is -2.29. The van der Waals surface area contributed by atoms with Gasteiger partial charge in [0.15, 0.2) is 0 Å². The smallest absolute Gasteiger partial charge is 0.233 e. The first-order valence-corrected chi connectivity index (χ1v) is 5.40. The highest BCUT2D eigenvalue weighted by atomic mass is 16.5. The number of carbonyl (C=O) groups excluding carboxylic acids is 1. The molecule has 0 aromatic heterocycles. The molecule has 0 radical (unpaired) electrons. The van der Waals surface area contributed by atoms with E-state index in [4.69, 9.17) is 10.6 Å². The van der Waals surface area contributed by atoms with Gasteiger partial charge in [-0.2, -0.15) is 0 Å². The zero-order chi connectivity index (χ0) is 10.2. The van der Waals surface area contributed by atoms with Crippen molar-refractivity contribution < 1.29 is 9.53 Å². The third-order valence-corrected chi connectivity index (χ3v) is 2.47. The number of unbranched alkanes of at least 4 members (excludes halogenated alkanes) is 1. The average molecular weight is 200 g/mol. The first kappa shape index (κ1) is 11.5. The summed E-state index contributed by atoms with van der Waals surface area (Å²) in [6.07, 6.45) is 6.29. The molecule has 0 saturated heterocycles. The topological polar surface area (TPSA) is 64.3 Å². The summed E-state index contributed by atoms with van der Waals surface area (Å²) in [5, 5.41) is 0. The third-order valence-electron chi connectivity index (χ3n) is 2.47. The second-order valence-corrected chi connectivity index (χ2v) is 3.87. The third kappa shape index (κ3) is 5.94. The van der Waals surface area contributed by atoms with Crippen LogP contribution in [0.15, 0.2) is 0 Å². The Balaban J connectivity index is 1.72. The number of amides is 1. The van der Waals surface area contributed by atoms with E-state index in [0.717, 1.165) is 32.0 Å². The van der Waals surface area contributed by atoms with Crippen molar-refractivity contribution in [3.05, 3.63) is 0 Å². The molecule has 1 aliphatic carbocycles. The Kier molecular flexibility index (Phi) is 5.56. The average Bonchev–Trinajstić information content (AvgIpc) is 2.99. The number of nitrogens with two attached hydrogens (primary N) is 1. The summed E-state index contributed by atoms with van der Waals surface area (Å²) in [5.41, 5.74) is 2.11. The number of rotatable bonds is 8. The maximum Gasteiger partial charge on any atom is 0.233 e. The van der Waals surface area contributed by atoms with E-state index in [0.29, 0.717) is 6.42 Å². The summed E-state index contributed by atoms with van der Waals surface area (Å²) in [6.45, 7) is 1.65. The van der Waals surface area contributed by atoms with E-state index in [1.807, 2.05) is 0 Å². The van der Waals surface area contributed by atoms with E-state index in [9.17, 15) is 4.79 Å². The molecule has 0 unspecified atom stereocenters. The van der Waals surface area contributed by atoms with Crippen molar-refractivity contribution in [1.82, 2.24) is 5.43 Å². The maximum atomic E-state index is 10.7.